The third-order valence-corrected chi connectivity index (χ3v) is 5.43. The molecule has 1 aliphatic heterocycles. The number of imidazole rings is 1. The number of rotatable bonds is 5. The van der Waals surface area contributed by atoms with Crippen LogP contribution < -0.4 is 5.73 Å². The van der Waals surface area contributed by atoms with Crippen LogP contribution >= 0.6 is 0 Å². The van der Waals surface area contributed by atoms with E-state index >= 15 is 0 Å². The van der Waals surface area contributed by atoms with Crippen LogP contribution in [0, 0.1) is 0 Å². The minimum Gasteiger partial charge on any atom is -0.394 e. The van der Waals surface area contributed by atoms with E-state index in [1.54, 1.807) is 11.7 Å². The maximum atomic E-state index is 10.7. The number of hydrogen-bond acceptors (Lipinski definition) is 9. The first kappa shape index (κ1) is 18.5. The number of fused-ring (bicyclic) bond motifs is 1. The van der Waals surface area contributed by atoms with Crippen LogP contribution in [0.1, 0.15) is 31.9 Å². The number of anilines is 1. The van der Waals surface area contributed by atoms with Crippen molar-refractivity contribution in [1.82, 2.24) is 19.5 Å². The van der Waals surface area contributed by atoms with Gasteiger partial charge in [0.05, 0.1) is 25.1 Å². The summed E-state index contributed by atoms with van der Waals surface area (Å²) in [4.78, 5) is 12.4. The van der Waals surface area contributed by atoms with E-state index in [4.69, 9.17) is 19.9 Å². The Morgan fingerprint density at radius 3 is 2.78 bits per heavy atom. The largest absolute Gasteiger partial charge is 0.394 e. The molecule has 1 saturated carbocycles. The van der Waals surface area contributed by atoms with Crippen LogP contribution in [0.5, 0.6) is 0 Å². The Hall–Kier alpha value is -1.85. The fraction of sp³-hybridized carbons (Fsp3) is 0.706. The summed E-state index contributed by atoms with van der Waals surface area (Å²) in [5.41, 5.74) is 6.80. The van der Waals surface area contributed by atoms with Gasteiger partial charge in [0.15, 0.2) is 17.7 Å². The number of ether oxygens (including phenoxy) is 3. The average Bonchev–Trinajstić information content (AvgIpc) is 3.25. The fourth-order valence-corrected chi connectivity index (χ4v) is 3.99. The van der Waals surface area contributed by atoms with E-state index in [-0.39, 0.29) is 24.6 Å². The number of aromatic nitrogens is 4. The molecule has 1 saturated heterocycles. The van der Waals surface area contributed by atoms with Gasteiger partial charge in [-0.1, -0.05) is 12.8 Å². The Balaban J connectivity index is 1.65. The van der Waals surface area contributed by atoms with Crippen molar-refractivity contribution in [3.63, 3.8) is 0 Å². The zero-order valence-electron chi connectivity index (χ0n) is 15.1. The van der Waals surface area contributed by atoms with Crippen LogP contribution in [0.4, 0.5) is 5.82 Å². The van der Waals surface area contributed by atoms with Crippen LogP contribution in [0.3, 0.4) is 0 Å². The lowest BCUT2D eigenvalue weighted by Gasteiger charge is -2.34. The normalized spacial score (nSPS) is 34.3. The van der Waals surface area contributed by atoms with Crippen molar-refractivity contribution in [3.05, 3.63) is 12.7 Å². The first-order valence-electron chi connectivity index (χ1n) is 9.19. The van der Waals surface area contributed by atoms with Crippen molar-refractivity contribution in [2.24, 2.45) is 0 Å². The summed E-state index contributed by atoms with van der Waals surface area (Å²) in [7, 11) is 1.67. The molecule has 1 aliphatic carbocycles. The van der Waals surface area contributed by atoms with E-state index in [1.807, 2.05) is 0 Å². The molecule has 0 unspecified atom stereocenters. The second kappa shape index (κ2) is 7.64. The second-order valence-electron chi connectivity index (χ2n) is 7.02. The predicted molar refractivity (Wildman–Crippen MR) is 94.7 cm³/mol. The molecule has 2 aromatic heterocycles. The number of hydrogen-bond donors (Lipinski definition) is 3. The number of nitrogen functional groups attached to an aromatic ring is 1. The summed E-state index contributed by atoms with van der Waals surface area (Å²) in [6, 6.07) is 0. The van der Waals surface area contributed by atoms with Crippen molar-refractivity contribution in [2.75, 3.05) is 19.5 Å². The quantitative estimate of drug-likeness (QED) is 0.655. The first-order valence-corrected chi connectivity index (χ1v) is 9.19. The minimum absolute atomic E-state index is 0.0303. The standard InChI is InChI=1S/C17H25N5O5/c1-25-9-4-2-3-5-10(9)26-14-13(24)11(6-23)27-17(14)22-8-21-12-15(18)19-7-20-16(12)22/h7-11,13-14,17,23-24H,2-6H2,1H3,(H2,18,19,20)/t9-,10-,11-,13-,14-,17-/m1/s1. The van der Waals surface area contributed by atoms with Crippen LogP contribution in [-0.4, -0.2) is 74.0 Å². The number of aliphatic hydroxyl groups is 2. The third kappa shape index (κ3) is 3.27. The summed E-state index contributed by atoms with van der Waals surface area (Å²) >= 11 is 0. The Morgan fingerprint density at radius 2 is 2.04 bits per heavy atom. The van der Waals surface area contributed by atoms with E-state index in [0.29, 0.717) is 11.2 Å². The molecule has 2 aromatic rings. The van der Waals surface area contributed by atoms with E-state index in [9.17, 15) is 10.2 Å². The molecule has 148 valence electrons. The van der Waals surface area contributed by atoms with Crippen molar-refractivity contribution < 1.29 is 24.4 Å². The van der Waals surface area contributed by atoms with Crippen molar-refractivity contribution in [3.8, 4) is 0 Å². The lowest BCUT2D eigenvalue weighted by Crippen LogP contribution is -2.43. The molecule has 4 N–H and O–H groups in total. The lowest BCUT2D eigenvalue weighted by molar-refractivity contribution is -0.149. The van der Waals surface area contributed by atoms with Gasteiger partial charge >= 0.3 is 0 Å². The summed E-state index contributed by atoms with van der Waals surface area (Å²) in [5, 5.41) is 20.3. The summed E-state index contributed by atoms with van der Waals surface area (Å²) < 4.78 is 19.4. The number of aliphatic hydroxyl groups excluding tert-OH is 2. The molecule has 0 aromatic carbocycles. The highest BCUT2D eigenvalue weighted by Gasteiger charge is 2.47. The Bertz CT molecular complexity index is 786. The molecular weight excluding hydrogens is 354 g/mol. The molecule has 3 heterocycles. The zero-order chi connectivity index (χ0) is 19.0. The Morgan fingerprint density at radius 1 is 1.26 bits per heavy atom. The van der Waals surface area contributed by atoms with Gasteiger partial charge in [0, 0.05) is 7.11 Å². The molecule has 0 bridgehead atoms. The van der Waals surface area contributed by atoms with Gasteiger partial charge in [0.25, 0.3) is 0 Å². The molecule has 2 aliphatic rings. The maximum Gasteiger partial charge on any atom is 0.167 e. The minimum atomic E-state index is -0.990. The van der Waals surface area contributed by atoms with Gasteiger partial charge in [-0.2, -0.15) is 0 Å². The van der Waals surface area contributed by atoms with Crippen molar-refractivity contribution in [1.29, 1.82) is 0 Å². The highest BCUT2D eigenvalue weighted by molar-refractivity contribution is 5.81. The molecule has 4 rings (SSSR count). The molecule has 10 heteroatoms. The van der Waals surface area contributed by atoms with Gasteiger partial charge in [0.1, 0.15) is 30.2 Å². The van der Waals surface area contributed by atoms with Gasteiger partial charge < -0.3 is 30.2 Å². The molecule has 6 atom stereocenters. The molecule has 0 spiro atoms. The summed E-state index contributed by atoms with van der Waals surface area (Å²) in [6.45, 7) is -0.320. The number of methoxy groups -OCH3 is 1. The van der Waals surface area contributed by atoms with E-state index in [0.717, 1.165) is 25.7 Å². The van der Waals surface area contributed by atoms with Crippen molar-refractivity contribution in [2.45, 2.75) is 62.4 Å². The monoisotopic (exact) mass is 379 g/mol. The third-order valence-electron chi connectivity index (χ3n) is 5.43. The van der Waals surface area contributed by atoms with Gasteiger partial charge in [0.2, 0.25) is 0 Å². The van der Waals surface area contributed by atoms with Gasteiger partial charge in [-0.25, -0.2) is 15.0 Å². The summed E-state index contributed by atoms with van der Waals surface area (Å²) in [5.74, 6) is 0.264. The Labute approximate surface area is 156 Å². The smallest absolute Gasteiger partial charge is 0.167 e. The van der Waals surface area contributed by atoms with E-state index in [2.05, 4.69) is 15.0 Å². The van der Waals surface area contributed by atoms with Crippen LogP contribution in [0.25, 0.3) is 11.2 Å². The van der Waals surface area contributed by atoms with Crippen LogP contribution in [-0.2, 0) is 14.2 Å². The first-order chi connectivity index (χ1) is 13.1. The van der Waals surface area contributed by atoms with Gasteiger partial charge in [-0.05, 0) is 12.8 Å². The van der Waals surface area contributed by atoms with Gasteiger partial charge in [-0.15, -0.1) is 0 Å². The zero-order valence-corrected chi connectivity index (χ0v) is 15.1. The second-order valence-corrected chi connectivity index (χ2v) is 7.02. The molecule has 27 heavy (non-hydrogen) atoms. The summed E-state index contributed by atoms with van der Waals surface area (Å²) in [6.07, 6.45) is 3.45. The molecule has 0 radical (unpaired) electrons. The van der Waals surface area contributed by atoms with Crippen molar-refractivity contribution >= 4 is 17.0 Å². The Kier molecular flexibility index (Phi) is 5.24. The van der Waals surface area contributed by atoms with Gasteiger partial charge in [-0.3, -0.25) is 4.57 Å². The molecule has 0 amide bonds. The van der Waals surface area contributed by atoms with Crippen LogP contribution in [0.15, 0.2) is 12.7 Å². The maximum absolute atomic E-state index is 10.7. The van der Waals surface area contributed by atoms with E-state index in [1.165, 1.54) is 12.7 Å². The van der Waals surface area contributed by atoms with E-state index < -0.39 is 24.5 Å². The molecular formula is C17H25N5O5. The highest BCUT2D eigenvalue weighted by Crippen LogP contribution is 2.36. The average molecular weight is 379 g/mol. The molecule has 2 fully saturated rings. The topological polar surface area (TPSA) is 138 Å². The highest BCUT2D eigenvalue weighted by atomic mass is 16.6. The van der Waals surface area contributed by atoms with Crippen LogP contribution in [0.2, 0.25) is 0 Å². The predicted octanol–water partition coefficient (Wildman–Crippen LogP) is 0.00190. The SMILES string of the molecule is CO[C@@H]1CCCC[C@H]1O[C@@H]1[C@H](O)[C@@H](CO)O[C@H]1n1cnc2c(N)ncnc21. The number of nitrogens with zero attached hydrogens (tertiary/aromatic N) is 4. The molecule has 10 nitrogen and oxygen atoms in total. The lowest BCUT2D eigenvalue weighted by atomic mass is 9.94. The number of nitrogens with two attached hydrogens (primary N) is 1. The fourth-order valence-electron chi connectivity index (χ4n) is 3.99.